The average molecular weight is 304 g/mol. The predicted octanol–water partition coefficient (Wildman–Crippen LogP) is 4.29. The molecule has 3 rings (SSSR count). The van der Waals surface area contributed by atoms with Gasteiger partial charge in [-0.2, -0.15) is 0 Å². The van der Waals surface area contributed by atoms with Crippen molar-refractivity contribution >= 4 is 28.3 Å². The SMILES string of the molecule is CNc1ccc2c(-c3ccc(F)cc3Cl)cc(=O)oc2c1. The maximum atomic E-state index is 13.2. The van der Waals surface area contributed by atoms with Crippen molar-refractivity contribution in [2.75, 3.05) is 12.4 Å². The van der Waals surface area contributed by atoms with Crippen molar-refractivity contribution in [3.05, 3.63) is 63.7 Å². The number of fused-ring (bicyclic) bond motifs is 1. The minimum Gasteiger partial charge on any atom is -0.423 e. The van der Waals surface area contributed by atoms with Crippen LogP contribution in [0.4, 0.5) is 10.1 Å². The van der Waals surface area contributed by atoms with Gasteiger partial charge in [-0.15, -0.1) is 0 Å². The van der Waals surface area contributed by atoms with E-state index in [0.29, 0.717) is 16.7 Å². The second kappa shape index (κ2) is 5.22. The third kappa shape index (κ3) is 2.50. The van der Waals surface area contributed by atoms with Crippen LogP contribution in [0, 0.1) is 5.82 Å². The molecule has 106 valence electrons. The van der Waals surface area contributed by atoms with E-state index in [-0.39, 0.29) is 5.02 Å². The smallest absolute Gasteiger partial charge is 0.336 e. The van der Waals surface area contributed by atoms with Crippen LogP contribution in [0.3, 0.4) is 0 Å². The van der Waals surface area contributed by atoms with E-state index in [2.05, 4.69) is 5.32 Å². The fourth-order valence-electron chi connectivity index (χ4n) is 2.25. The topological polar surface area (TPSA) is 42.2 Å². The van der Waals surface area contributed by atoms with Gasteiger partial charge in [-0.1, -0.05) is 11.6 Å². The first-order valence-corrected chi connectivity index (χ1v) is 6.67. The van der Waals surface area contributed by atoms with Crippen molar-refractivity contribution in [3.63, 3.8) is 0 Å². The molecule has 1 heterocycles. The first kappa shape index (κ1) is 13.6. The van der Waals surface area contributed by atoms with E-state index in [1.54, 1.807) is 19.2 Å². The largest absolute Gasteiger partial charge is 0.423 e. The Hall–Kier alpha value is -2.33. The maximum absolute atomic E-state index is 13.2. The lowest BCUT2D eigenvalue weighted by Crippen LogP contribution is -1.99. The molecule has 0 bridgehead atoms. The van der Waals surface area contributed by atoms with Crippen LogP contribution < -0.4 is 10.9 Å². The zero-order chi connectivity index (χ0) is 15.0. The molecule has 5 heteroatoms. The normalized spacial score (nSPS) is 10.8. The van der Waals surface area contributed by atoms with Crippen LogP contribution in [0.25, 0.3) is 22.1 Å². The molecule has 0 aliphatic rings. The first-order chi connectivity index (χ1) is 10.1. The molecule has 2 aromatic carbocycles. The summed E-state index contributed by atoms with van der Waals surface area (Å²) >= 11 is 6.09. The summed E-state index contributed by atoms with van der Waals surface area (Å²) in [6.45, 7) is 0. The summed E-state index contributed by atoms with van der Waals surface area (Å²) in [5.41, 5.74) is 2.01. The highest BCUT2D eigenvalue weighted by molar-refractivity contribution is 6.33. The van der Waals surface area contributed by atoms with Gasteiger partial charge in [0.1, 0.15) is 11.4 Å². The molecule has 3 aromatic rings. The molecule has 0 spiro atoms. The van der Waals surface area contributed by atoms with E-state index >= 15 is 0 Å². The summed E-state index contributed by atoms with van der Waals surface area (Å²) < 4.78 is 18.4. The number of nitrogens with one attached hydrogen (secondary N) is 1. The first-order valence-electron chi connectivity index (χ1n) is 6.29. The van der Waals surface area contributed by atoms with Gasteiger partial charge < -0.3 is 9.73 Å². The second-order valence-corrected chi connectivity index (χ2v) is 4.97. The van der Waals surface area contributed by atoms with Gasteiger partial charge in [-0.3, -0.25) is 0 Å². The van der Waals surface area contributed by atoms with Crippen LogP contribution in [0.5, 0.6) is 0 Å². The summed E-state index contributed by atoms with van der Waals surface area (Å²) in [6.07, 6.45) is 0. The number of rotatable bonds is 2. The molecule has 21 heavy (non-hydrogen) atoms. The van der Waals surface area contributed by atoms with E-state index in [9.17, 15) is 9.18 Å². The highest BCUT2D eigenvalue weighted by Crippen LogP contribution is 2.33. The Kier molecular flexibility index (Phi) is 3.39. The lowest BCUT2D eigenvalue weighted by atomic mass is 10.0. The summed E-state index contributed by atoms with van der Waals surface area (Å²) in [6, 6.07) is 10.9. The standard InChI is InChI=1S/C16H11ClFNO2/c1-19-10-3-5-12-13(8-16(20)21-15(12)7-10)11-4-2-9(18)6-14(11)17/h2-8,19H,1H3. The molecule has 1 aromatic heterocycles. The lowest BCUT2D eigenvalue weighted by Gasteiger charge is -2.09. The Balaban J connectivity index is 2.34. The van der Waals surface area contributed by atoms with Crippen molar-refractivity contribution in [3.8, 4) is 11.1 Å². The molecular weight excluding hydrogens is 293 g/mol. The Labute approximate surface area is 125 Å². The number of hydrogen-bond donors (Lipinski definition) is 1. The van der Waals surface area contributed by atoms with Gasteiger partial charge in [0.15, 0.2) is 0 Å². The van der Waals surface area contributed by atoms with Gasteiger partial charge in [0.25, 0.3) is 0 Å². The Morgan fingerprint density at radius 1 is 1.10 bits per heavy atom. The van der Waals surface area contributed by atoms with E-state index in [1.807, 2.05) is 12.1 Å². The van der Waals surface area contributed by atoms with Gasteiger partial charge in [-0.25, -0.2) is 9.18 Å². The molecule has 0 radical (unpaired) electrons. The van der Waals surface area contributed by atoms with Crippen molar-refractivity contribution in [1.29, 1.82) is 0 Å². The summed E-state index contributed by atoms with van der Waals surface area (Å²) in [4.78, 5) is 11.8. The number of hydrogen-bond acceptors (Lipinski definition) is 3. The van der Waals surface area contributed by atoms with Crippen molar-refractivity contribution in [2.45, 2.75) is 0 Å². The Morgan fingerprint density at radius 3 is 2.62 bits per heavy atom. The molecule has 0 amide bonds. The third-order valence-corrected chi connectivity index (χ3v) is 3.57. The van der Waals surface area contributed by atoms with Gasteiger partial charge in [0, 0.05) is 41.4 Å². The Morgan fingerprint density at radius 2 is 1.90 bits per heavy atom. The molecule has 0 fully saturated rings. The molecule has 0 saturated heterocycles. The van der Waals surface area contributed by atoms with Gasteiger partial charge >= 0.3 is 5.63 Å². The lowest BCUT2D eigenvalue weighted by molar-refractivity contribution is 0.561. The van der Waals surface area contributed by atoms with Crippen LogP contribution in [0.15, 0.2) is 51.7 Å². The molecule has 3 nitrogen and oxygen atoms in total. The van der Waals surface area contributed by atoms with E-state index in [1.165, 1.54) is 18.2 Å². The summed E-state index contributed by atoms with van der Waals surface area (Å²) in [5.74, 6) is -0.423. The summed E-state index contributed by atoms with van der Waals surface area (Å²) in [7, 11) is 1.78. The van der Waals surface area contributed by atoms with Crippen molar-refractivity contribution < 1.29 is 8.81 Å². The third-order valence-electron chi connectivity index (χ3n) is 3.25. The highest BCUT2D eigenvalue weighted by atomic mass is 35.5. The Bertz CT molecular complexity index is 889. The van der Waals surface area contributed by atoms with Crippen molar-refractivity contribution in [1.82, 2.24) is 0 Å². The van der Waals surface area contributed by atoms with Gasteiger partial charge in [-0.05, 0) is 30.3 Å². The van der Waals surface area contributed by atoms with E-state index < -0.39 is 11.4 Å². The minimum atomic E-state index is -0.480. The fourth-order valence-corrected chi connectivity index (χ4v) is 2.52. The molecule has 0 saturated carbocycles. The quantitative estimate of drug-likeness (QED) is 0.718. The fraction of sp³-hybridized carbons (Fsp3) is 0.0625. The molecule has 0 unspecified atom stereocenters. The molecule has 1 N–H and O–H groups in total. The molecular formula is C16H11ClFNO2. The zero-order valence-corrected chi connectivity index (χ0v) is 11.9. The van der Waals surface area contributed by atoms with Crippen LogP contribution in [-0.2, 0) is 0 Å². The molecule has 0 atom stereocenters. The van der Waals surface area contributed by atoms with Crippen LogP contribution >= 0.6 is 11.6 Å². The predicted molar refractivity (Wildman–Crippen MR) is 82.4 cm³/mol. The maximum Gasteiger partial charge on any atom is 0.336 e. The number of benzene rings is 2. The van der Waals surface area contributed by atoms with Crippen LogP contribution in [0.1, 0.15) is 0 Å². The number of anilines is 1. The molecule has 0 aliphatic heterocycles. The van der Waals surface area contributed by atoms with Gasteiger partial charge in [0.2, 0.25) is 0 Å². The van der Waals surface area contributed by atoms with E-state index in [4.69, 9.17) is 16.0 Å². The van der Waals surface area contributed by atoms with Crippen LogP contribution in [0.2, 0.25) is 5.02 Å². The highest BCUT2D eigenvalue weighted by Gasteiger charge is 2.12. The minimum absolute atomic E-state index is 0.250. The molecule has 0 aliphatic carbocycles. The van der Waals surface area contributed by atoms with Crippen LogP contribution in [-0.4, -0.2) is 7.05 Å². The van der Waals surface area contributed by atoms with E-state index in [0.717, 1.165) is 11.1 Å². The second-order valence-electron chi connectivity index (χ2n) is 4.56. The monoisotopic (exact) mass is 303 g/mol. The van der Waals surface area contributed by atoms with Crippen molar-refractivity contribution in [2.24, 2.45) is 0 Å². The number of halogens is 2. The summed E-state index contributed by atoms with van der Waals surface area (Å²) in [5, 5.41) is 3.97. The van der Waals surface area contributed by atoms with Gasteiger partial charge in [0.05, 0.1) is 5.02 Å². The zero-order valence-electron chi connectivity index (χ0n) is 11.1. The average Bonchev–Trinajstić information content (AvgIpc) is 2.45.